The van der Waals surface area contributed by atoms with Crippen LogP contribution in [0.1, 0.15) is 0 Å². The summed E-state index contributed by atoms with van der Waals surface area (Å²) in [6, 6.07) is 10.0. The largest absolute Gasteiger partial charge is 0.410 e. The maximum Gasteiger partial charge on any atom is 0.277 e. The minimum absolute atomic E-state index is 0.512. The Morgan fingerprint density at radius 1 is 1.33 bits per heavy atom. The molecule has 18 heavy (non-hydrogen) atoms. The van der Waals surface area contributed by atoms with Crippen LogP contribution >= 0.6 is 11.8 Å². The molecule has 0 saturated carbocycles. The van der Waals surface area contributed by atoms with Crippen LogP contribution in [0.15, 0.2) is 52.6 Å². The van der Waals surface area contributed by atoms with Gasteiger partial charge in [0.15, 0.2) is 0 Å². The molecule has 0 atom stereocenters. The highest BCUT2D eigenvalue weighted by Gasteiger charge is 2.10. The molecule has 5 heteroatoms. The van der Waals surface area contributed by atoms with E-state index in [2.05, 4.69) is 21.8 Å². The number of thioether (sulfide) groups is 1. The molecule has 0 radical (unpaired) electrons. The summed E-state index contributed by atoms with van der Waals surface area (Å²) in [6.07, 6.45) is 1.80. The molecule has 0 aliphatic rings. The van der Waals surface area contributed by atoms with Gasteiger partial charge < -0.3 is 9.40 Å². The highest BCUT2D eigenvalue weighted by molar-refractivity contribution is 7.99. The Bertz CT molecular complexity index is 653. The maximum absolute atomic E-state index is 5.56. The number of hydrogen-bond donors (Lipinski definition) is 1. The summed E-state index contributed by atoms with van der Waals surface area (Å²) in [5.74, 6) is 1.27. The zero-order valence-corrected chi connectivity index (χ0v) is 10.4. The SMILES string of the molecule is C=CCSc1nnc(-c2cc3ccccc3[nH]2)o1. The molecule has 0 aliphatic carbocycles. The van der Waals surface area contributed by atoms with Gasteiger partial charge >= 0.3 is 0 Å². The molecule has 0 amide bonds. The van der Waals surface area contributed by atoms with Gasteiger partial charge in [-0.3, -0.25) is 0 Å². The molecule has 4 nitrogen and oxygen atoms in total. The number of fused-ring (bicyclic) bond motifs is 1. The van der Waals surface area contributed by atoms with Crippen molar-refractivity contribution in [3.63, 3.8) is 0 Å². The minimum Gasteiger partial charge on any atom is -0.410 e. The molecule has 0 spiro atoms. The zero-order chi connectivity index (χ0) is 12.4. The quantitative estimate of drug-likeness (QED) is 0.574. The van der Waals surface area contributed by atoms with Gasteiger partial charge in [-0.25, -0.2) is 0 Å². The molecular formula is C13H11N3OS. The van der Waals surface area contributed by atoms with Crippen LogP contribution < -0.4 is 0 Å². The van der Waals surface area contributed by atoms with E-state index in [0.717, 1.165) is 22.3 Å². The second-order valence-electron chi connectivity index (χ2n) is 3.74. The lowest BCUT2D eigenvalue weighted by molar-refractivity contribution is 0.465. The number of hydrogen-bond acceptors (Lipinski definition) is 4. The average Bonchev–Trinajstić information content (AvgIpc) is 3.02. The molecule has 0 saturated heterocycles. The summed E-state index contributed by atoms with van der Waals surface area (Å²) in [4.78, 5) is 3.26. The van der Waals surface area contributed by atoms with Crippen molar-refractivity contribution in [2.75, 3.05) is 5.75 Å². The van der Waals surface area contributed by atoms with Gasteiger partial charge in [0.05, 0.1) is 0 Å². The Labute approximate surface area is 108 Å². The third kappa shape index (κ3) is 2.04. The van der Waals surface area contributed by atoms with E-state index in [9.17, 15) is 0 Å². The number of nitrogens with zero attached hydrogens (tertiary/aromatic N) is 2. The first-order chi connectivity index (χ1) is 8.86. The highest BCUT2D eigenvalue weighted by atomic mass is 32.2. The van der Waals surface area contributed by atoms with Crippen LogP contribution in [-0.4, -0.2) is 20.9 Å². The normalized spacial score (nSPS) is 10.9. The van der Waals surface area contributed by atoms with Crippen molar-refractivity contribution in [1.82, 2.24) is 15.2 Å². The van der Waals surface area contributed by atoms with Crippen LogP contribution in [0.2, 0.25) is 0 Å². The van der Waals surface area contributed by atoms with E-state index in [-0.39, 0.29) is 0 Å². The monoisotopic (exact) mass is 257 g/mol. The van der Waals surface area contributed by atoms with Gasteiger partial charge in [0, 0.05) is 16.7 Å². The number of aromatic nitrogens is 3. The van der Waals surface area contributed by atoms with Crippen LogP contribution in [0.5, 0.6) is 0 Å². The maximum atomic E-state index is 5.56. The second-order valence-corrected chi connectivity index (χ2v) is 4.71. The van der Waals surface area contributed by atoms with Crippen molar-refractivity contribution >= 4 is 22.7 Å². The van der Waals surface area contributed by atoms with Crippen molar-refractivity contribution in [2.45, 2.75) is 5.22 Å². The molecular weight excluding hydrogens is 246 g/mol. The predicted molar refractivity (Wildman–Crippen MR) is 72.5 cm³/mol. The van der Waals surface area contributed by atoms with Crippen molar-refractivity contribution < 1.29 is 4.42 Å². The van der Waals surface area contributed by atoms with Gasteiger partial charge in [0.25, 0.3) is 11.1 Å². The Morgan fingerprint density at radius 3 is 3.06 bits per heavy atom. The lowest BCUT2D eigenvalue weighted by Gasteiger charge is -1.88. The van der Waals surface area contributed by atoms with E-state index in [4.69, 9.17) is 4.42 Å². The molecule has 0 unspecified atom stereocenters. The number of aromatic amines is 1. The molecule has 2 heterocycles. The predicted octanol–water partition coefficient (Wildman–Crippen LogP) is 3.50. The van der Waals surface area contributed by atoms with Gasteiger partial charge in [-0.15, -0.1) is 16.8 Å². The van der Waals surface area contributed by atoms with Gasteiger partial charge in [-0.2, -0.15) is 0 Å². The minimum atomic E-state index is 0.512. The smallest absolute Gasteiger partial charge is 0.277 e. The lowest BCUT2D eigenvalue weighted by Crippen LogP contribution is -1.76. The summed E-state index contributed by atoms with van der Waals surface area (Å²) < 4.78 is 5.56. The summed E-state index contributed by atoms with van der Waals surface area (Å²) in [5.41, 5.74) is 1.90. The highest BCUT2D eigenvalue weighted by Crippen LogP contribution is 2.25. The van der Waals surface area contributed by atoms with Crippen LogP contribution in [0.3, 0.4) is 0 Å². The van der Waals surface area contributed by atoms with Crippen LogP contribution in [-0.2, 0) is 0 Å². The number of nitrogens with one attached hydrogen (secondary N) is 1. The summed E-state index contributed by atoms with van der Waals surface area (Å²) >= 11 is 1.47. The Hall–Kier alpha value is -2.01. The third-order valence-corrected chi connectivity index (χ3v) is 3.31. The molecule has 0 bridgehead atoms. The first-order valence-corrected chi connectivity index (χ1v) is 6.51. The lowest BCUT2D eigenvalue weighted by atomic mass is 10.2. The molecule has 1 N–H and O–H groups in total. The Balaban J connectivity index is 1.93. The molecule has 3 rings (SSSR count). The topological polar surface area (TPSA) is 54.7 Å². The van der Waals surface area contributed by atoms with Crippen molar-refractivity contribution in [1.29, 1.82) is 0 Å². The van der Waals surface area contributed by atoms with Gasteiger partial charge in [0.2, 0.25) is 0 Å². The van der Waals surface area contributed by atoms with Gasteiger partial charge in [-0.05, 0) is 12.1 Å². The third-order valence-electron chi connectivity index (χ3n) is 2.49. The van der Waals surface area contributed by atoms with Crippen LogP contribution in [0, 0.1) is 0 Å². The second kappa shape index (κ2) is 4.70. The zero-order valence-electron chi connectivity index (χ0n) is 9.59. The molecule has 2 aromatic heterocycles. The van der Waals surface area contributed by atoms with Crippen molar-refractivity contribution in [3.05, 3.63) is 43.0 Å². The molecule has 1 aromatic carbocycles. The fraction of sp³-hybridized carbons (Fsp3) is 0.0769. The molecule has 0 fully saturated rings. The first-order valence-electron chi connectivity index (χ1n) is 5.52. The number of para-hydroxylation sites is 1. The van der Waals surface area contributed by atoms with E-state index in [1.165, 1.54) is 11.8 Å². The first kappa shape index (κ1) is 11.1. The van der Waals surface area contributed by atoms with Crippen molar-refractivity contribution in [2.24, 2.45) is 0 Å². The Morgan fingerprint density at radius 2 is 2.22 bits per heavy atom. The van der Waals surface area contributed by atoms with E-state index < -0.39 is 0 Å². The molecule has 3 aromatic rings. The standard InChI is InChI=1S/C13H11N3OS/c1-2-7-18-13-16-15-12(17-13)11-8-9-5-3-4-6-10(9)14-11/h2-6,8,14H,1,7H2. The van der Waals surface area contributed by atoms with E-state index in [0.29, 0.717) is 11.1 Å². The van der Waals surface area contributed by atoms with E-state index in [1.807, 2.05) is 30.3 Å². The van der Waals surface area contributed by atoms with E-state index in [1.54, 1.807) is 6.08 Å². The summed E-state index contributed by atoms with van der Waals surface area (Å²) in [7, 11) is 0. The van der Waals surface area contributed by atoms with Crippen LogP contribution in [0.25, 0.3) is 22.5 Å². The van der Waals surface area contributed by atoms with Crippen molar-refractivity contribution in [3.8, 4) is 11.6 Å². The average molecular weight is 257 g/mol. The summed E-state index contributed by atoms with van der Waals surface area (Å²) in [5, 5.41) is 9.70. The van der Waals surface area contributed by atoms with Gasteiger partial charge in [0.1, 0.15) is 5.69 Å². The number of benzene rings is 1. The summed E-state index contributed by atoms with van der Waals surface area (Å²) in [6.45, 7) is 3.65. The van der Waals surface area contributed by atoms with Crippen LogP contribution in [0.4, 0.5) is 0 Å². The van der Waals surface area contributed by atoms with E-state index >= 15 is 0 Å². The molecule has 0 aliphatic heterocycles. The van der Waals surface area contributed by atoms with Gasteiger partial charge in [-0.1, -0.05) is 36.0 Å². The number of rotatable bonds is 4. The fourth-order valence-electron chi connectivity index (χ4n) is 1.70. The number of H-pyrrole nitrogens is 1. The molecule has 90 valence electrons. The fourth-order valence-corrected chi connectivity index (χ4v) is 2.19. The Kier molecular flexibility index (Phi) is 2.90.